The number of halogens is 1. The molecule has 2 unspecified atom stereocenters. The topological polar surface area (TPSA) is 15.3 Å². The van der Waals surface area contributed by atoms with Crippen molar-refractivity contribution in [2.24, 2.45) is 5.92 Å². The van der Waals surface area contributed by atoms with Gasteiger partial charge in [-0.3, -0.25) is 0 Å². The van der Waals surface area contributed by atoms with Crippen molar-refractivity contribution in [3.05, 3.63) is 34.9 Å². The minimum atomic E-state index is 0.413. The average molecular weight is 295 g/mol. The SMILES string of the molecule is CCNC(CCN1CCCC(C)C1)c1cccc(Cl)c1. The minimum absolute atomic E-state index is 0.413. The summed E-state index contributed by atoms with van der Waals surface area (Å²) in [6, 6.07) is 8.67. The van der Waals surface area contributed by atoms with Gasteiger partial charge in [-0.15, -0.1) is 0 Å². The Balaban J connectivity index is 1.92. The van der Waals surface area contributed by atoms with Crippen LogP contribution in [-0.2, 0) is 0 Å². The molecule has 0 bridgehead atoms. The van der Waals surface area contributed by atoms with Gasteiger partial charge in [0, 0.05) is 17.6 Å². The number of benzene rings is 1. The van der Waals surface area contributed by atoms with Crippen LogP contribution >= 0.6 is 11.6 Å². The molecule has 20 heavy (non-hydrogen) atoms. The molecular weight excluding hydrogens is 268 g/mol. The van der Waals surface area contributed by atoms with Gasteiger partial charge in [0.05, 0.1) is 0 Å². The van der Waals surface area contributed by atoms with Crippen LogP contribution in [0.4, 0.5) is 0 Å². The fourth-order valence-electron chi connectivity index (χ4n) is 3.16. The molecule has 1 fully saturated rings. The third kappa shape index (κ3) is 4.76. The Hall–Kier alpha value is -0.570. The van der Waals surface area contributed by atoms with Crippen LogP contribution in [0.15, 0.2) is 24.3 Å². The lowest BCUT2D eigenvalue weighted by Gasteiger charge is -2.32. The van der Waals surface area contributed by atoms with Gasteiger partial charge in [0.2, 0.25) is 0 Å². The molecule has 0 radical (unpaired) electrons. The van der Waals surface area contributed by atoms with E-state index in [1.165, 1.54) is 38.0 Å². The fourth-order valence-corrected chi connectivity index (χ4v) is 3.36. The van der Waals surface area contributed by atoms with Crippen molar-refractivity contribution in [1.29, 1.82) is 0 Å². The lowest BCUT2D eigenvalue weighted by molar-refractivity contribution is 0.176. The second-order valence-corrected chi connectivity index (χ2v) is 6.44. The van der Waals surface area contributed by atoms with Crippen molar-refractivity contribution in [3.8, 4) is 0 Å². The Morgan fingerprint density at radius 3 is 3.00 bits per heavy atom. The number of nitrogens with one attached hydrogen (secondary N) is 1. The predicted octanol–water partition coefficient (Wildman–Crippen LogP) is 4.11. The molecule has 1 aromatic rings. The highest BCUT2D eigenvalue weighted by molar-refractivity contribution is 6.30. The summed E-state index contributed by atoms with van der Waals surface area (Å²) in [5.74, 6) is 0.854. The molecule has 1 heterocycles. The average Bonchev–Trinajstić information content (AvgIpc) is 2.43. The van der Waals surface area contributed by atoms with Crippen LogP contribution in [-0.4, -0.2) is 31.1 Å². The molecule has 0 aliphatic carbocycles. The summed E-state index contributed by atoms with van der Waals surface area (Å²) in [4.78, 5) is 2.61. The molecule has 2 nitrogen and oxygen atoms in total. The Morgan fingerprint density at radius 1 is 1.45 bits per heavy atom. The molecule has 0 spiro atoms. The standard InChI is InChI=1S/C17H27ClN2/c1-3-19-17(15-7-4-8-16(18)12-15)9-11-20-10-5-6-14(2)13-20/h4,7-8,12,14,17,19H,3,5-6,9-11,13H2,1-2H3. The van der Waals surface area contributed by atoms with Crippen LogP contribution in [0.3, 0.4) is 0 Å². The van der Waals surface area contributed by atoms with Crippen molar-refractivity contribution < 1.29 is 0 Å². The van der Waals surface area contributed by atoms with E-state index in [1.807, 2.05) is 12.1 Å². The van der Waals surface area contributed by atoms with E-state index in [4.69, 9.17) is 11.6 Å². The van der Waals surface area contributed by atoms with E-state index in [1.54, 1.807) is 0 Å². The lowest BCUT2D eigenvalue weighted by Crippen LogP contribution is -2.36. The van der Waals surface area contributed by atoms with Crippen LogP contribution < -0.4 is 5.32 Å². The molecular formula is C17H27ClN2. The highest BCUT2D eigenvalue weighted by atomic mass is 35.5. The predicted molar refractivity (Wildman–Crippen MR) is 87.3 cm³/mol. The van der Waals surface area contributed by atoms with Crippen molar-refractivity contribution in [2.75, 3.05) is 26.2 Å². The first-order valence-corrected chi connectivity index (χ1v) is 8.28. The molecule has 3 heteroatoms. The summed E-state index contributed by atoms with van der Waals surface area (Å²) >= 11 is 6.12. The molecule has 1 aliphatic rings. The van der Waals surface area contributed by atoms with Gasteiger partial charge >= 0.3 is 0 Å². The van der Waals surface area contributed by atoms with Crippen LogP contribution in [0.25, 0.3) is 0 Å². The summed E-state index contributed by atoms with van der Waals surface area (Å²) in [7, 11) is 0. The lowest BCUT2D eigenvalue weighted by atomic mass is 9.98. The largest absolute Gasteiger partial charge is 0.310 e. The molecule has 112 valence electrons. The maximum absolute atomic E-state index is 6.12. The summed E-state index contributed by atoms with van der Waals surface area (Å²) < 4.78 is 0. The van der Waals surface area contributed by atoms with Crippen molar-refractivity contribution >= 4 is 11.6 Å². The maximum atomic E-state index is 6.12. The fraction of sp³-hybridized carbons (Fsp3) is 0.647. The maximum Gasteiger partial charge on any atom is 0.0409 e. The van der Waals surface area contributed by atoms with Gasteiger partial charge < -0.3 is 10.2 Å². The van der Waals surface area contributed by atoms with Gasteiger partial charge in [-0.1, -0.05) is 37.6 Å². The summed E-state index contributed by atoms with van der Waals surface area (Å²) in [6.07, 6.45) is 3.90. The highest BCUT2D eigenvalue weighted by Gasteiger charge is 2.18. The number of hydrogen-bond donors (Lipinski definition) is 1. The van der Waals surface area contributed by atoms with E-state index in [0.29, 0.717) is 6.04 Å². The van der Waals surface area contributed by atoms with Crippen LogP contribution in [0.2, 0.25) is 5.02 Å². The zero-order chi connectivity index (χ0) is 14.4. The number of piperidine rings is 1. The zero-order valence-corrected chi connectivity index (χ0v) is 13.5. The summed E-state index contributed by atoms with van der Waals surface area (Å²) in [6.45, 7) is 9.22. The normalized spacial score (nSPS) is 21.9. The number of likely N-dealkylation sites (tertiary alicyclic amines) is 1. The Kier molecular flexibility index (Phi) is 6.34. The van der Waals surface area contributed by atoms with Crippen molar-refractivity contribution in [2.45, 2.75) is 39.2 Å². The Bertz CT molecular complexity index is 408. The second kappa shape index (κ2) is 8.02. The molecule has 0 aromatic heterocycles. The Morgan fingerprint density at radius 2 is 2.30 bits per heavy atom. The van der Waals surface area contributed by atoms with Crippen LogP contribution in [0.1, 0.15) is 44.7 Å². The third-order valence-electron chi connectivity index (χ3n) is 4.18. The molecule has 2 rings (SSSR count). The smallest absolute Gasteiger partial charge is 0.0409 e. The third-order valence-corrected chi connectivity index (χ3v) is 4.41. The van der Waals surface area contributed by atoms with Gasteiger partial charge in [-0.2, -0.15) is 0 Å². The number of hydrogen-bond acceptors (Lipinski definition) is 2. The van der Waals surface area contributed by atoms with E-state index >= 15 is 0 Å². The summed E-state index contributed by atoms with van der Waals surface area (Å²) in [5.41, 5.74) is 1.31. The Labute approximate surface area is 128 Å². The molecule has 0 saturated carbocycles. The first-order valence-electron chi connectivity index (χ1n) is 7.90. The van der Waals surface area contributed by atoms with Gasteiger partial charge in [0.25, 0.3) is 0 Å². The van der Waals surface area contributed by atoms with Crippen molar-refractivity contribution in [1.82, 2.24) is 10.2 Å². The van der Waals surface area contributed by atoms with E-state index < -0.39 is 0 Å². The number of nitrogens with zero attached hydrogens (tertiary/aromatic N) is 1. The van der Waals surface area contributed by atoms with E-state index in [-0.39, 0.29) is 0 Å². The van der Waals surface area contributed by atoms with Gasteiger partial charge in [0.15, 0.2) is 0 Å². The molecule has 0 amide bonds. The summed E-state index contributed by atoms with van der Waals surface area (Å²) in [5, 5.41) is 4.42. The van der Waals surface area contributed by atoms with Crippen LogP contribution in [0, 0.1) is 5.92 Å². The van der Waals surface area contributed by atoms with E-state index in [9.17, 15) is 0 Å². The highest BCUT2D eigenvalue weighted by Crippen LogP contribution is 2.22. The van der Waals surface area contributed by atoms with Crippen LogP contribution in [0.5, 0.6) is 0 Å². The molecule has 1 aliphatic heterocycles. The molecule has 1 aromatic carbocycles. The molecule has 1 saturated heterocycles. The monoisotopic (exact) mass is 294 g/mol. The van der Waals surface area contributed by atoms with Crippen molar-refractivity contribution in [3.63, 3.8) is 0 Å². The first-order chi connectivity index (χ1) is 9.69. The van der Waals surface area contributed by atoms with E-state index in [2.05, 4.69) is 36.2 Å². The number of rotatable bonds is 6. The first kappa shape index (κ1) is 15.8. The van der Waals surface area contributed by atoms with E-state index in [0.717, 1.165) is 23.9 Å². The quantitative estimate of drug-likeness (QED) is 0.849. The second-order valence-electron chi connectivity index (χ2n) is 6.00. The van der Waals surface area contributed by atoms with Gasteiger partial charge in [-0.05, 0) is 62.5 Å². The van der Waals surface area contributed by atoms with Gasteiger partial charge in [0.1, 0.15) is 0 Å². The van der Waals surface area contributed by atoms with Gasteiger partial charge in [-0.25, -0.2) is 0 Å². The zero-order valence-electron chi connectivity index (χ0n) is 12.7. The molecule has 2 atom stereocenters. The molecule has 1 N–H and O–H groups in total. The minimum Gasteiger partial charge on any atom is -0.310 e.